The second kappa shape index (κ2) is 8.59. The van der Waals surface area contributed by atoms with E-state index in [-0.39, 0.29) is 17.1 Å². The van der Waals surface area contributed by atoms with Crippen LogP contribution in [-0.2, 0) is 9.59 Å². The molecule has 1 saturated heterocycles. The van der Waals surface area contributed by atoms with Gasteiger partial charge in [-0.2, -0.15) is 0 Å². The second-order valence-electron chi connectivity index (χ2n) is 7.14. The SMILES string of the molecule is CCCCN1C(=O)C(=O)/C(=C(/O)c2cc(C)cc(Cl)c2OC)C1c1sccc1C. The summed E-state index contributed by atoms with van der Waals surface area (Å²) in [6.07, 6.45) is 1.66. The number of Topliss-reactive ketones (excluding diaryl/α,β-unsaturated/α-hetero) is 1. The van der Waals surface area contributed by atoms with Crippen LogP contribution in [0, 0.1) is 13.8 Å². The largest absolute Gasteiger partial charge is 0.507 e. The van der Waals surface area contributed by atoms with Crippen LogP contribution in [0.2, 0.25) is 5.02 Å². The number of unbranched alkanes of at least 4 members (excludes halogenated alkanes) is 1. The van der Waals surface area contributed by atoms with Crippen LogP contribution in [0.4, 0.5) is 0 Å². The van der Waals surface area contributed by atoms with Crippen LogP contribution in [0.5, 0.6) is 5.75 Å². The van der Waals surface area contributed by atoms with Crippen molar-refractivity contribution >= 4 is 40.4 Å². The first-order chi connectivity index (χ1) is 13.8. The van der Waals surface area contributed by atoms with E-state index in [1.54, 1.807) is 17.0 Å². The minimum atomic E-state index is -0.684. The van der Waals surface area contributed by atoms with Crippen molar-refractivity contribution in [2.45, 2.75) is 39.7 Å². The van der Waals surface area contributed by atoms with Gasteiger partial charge in [-0.3, -0.25) is 9.59 Å². The molecule has 0 bridgehead atoms. The molecule has 154 valence electrons. The van der Waals surface area contributed by atoms with Gasteiger partial charge in [-0.15, -0.1) is 11.3 Å². The quantitative estimate of drug-likeness (QED) is 0.384. The minimum Gasteiger partial charge on any atom is -0.507 e. The molecular weight excluding hydrogens is 410 g/mol. The fourth-order valence-electron chi connectivity index (χ4n) is 3.63. The Bertz CT molecular complexity index is 995. The Morgan fingerprint density at radius 3 is 2.62 bits per heavy atom. The fraction of sp³-hybridized carbons (Fsp3) is 0.364. The monoisotopic (exact) mass is 433 g/mol. The van der Waals surface area contributed by atoms with Crippen molar-refractivity contribution in [2.75, 3.05) is 13.7 Å². The molecule has 1 aromatic carbocycles. The molecule has 29 heavy (non-hydrogen) atoms. The Kier molecular flexibility index (Phi) is 6.34. The van der Waals surface area contributed by atoms with Crippen LogP contribution < -0.4 is 4.74 Å². The highest BCUT2D eigenvalue weighted by atomic mass is 35.5. The van der Waals surface area contributed by atoms with E-state index in [4.69, 9.17) is 16.3 Å². The van der Waals surface area contributed by atoms with Crippen molar-refractivity contribution in [1.29, 1.82) is 0 Å². The molecule has 0 radical (unpaired) electrons. The maximum atomic E-state index is 13.0. The zero-order valence-corrected chi connectivity index (χ0v) is 18.5. The van der Waals surface area contributed by atoms with Gasteiger partial charge in [-0.05, 0) is 55.0 Å². The Morgan fingerprint density at radius 1 is 1.31 bits per heavy atom. The average Bonchev–Trinajstić information content (AvgIpc) is 3.20. The molecule has 1 aliphatic rings. The average molecular weight is 434 g/mol. The highest BCUT2D eigenvalue weighted by Crippen LogP contribution is 2.44. The maximum absolute atomic E-state index is 13.0. The van der Waals surface area contributed by atoms with Crippen molar-refractivity contribution in [2.24, 2.45) is 0 Å². The standard InChI is InChI=1S/C22H24ClNO4S/c1-5-6-8-24-17(21-13(3)7-9-29-21)16(19(26)22(24)27)18(25)14-10-12(2)11-15(23)20(14)28-4/h7,9-11,17,25H,5-6,8H2,1-4H3/b18-16+. The van der Waals surface area contributed by atoms with Crippen LogP contribution in [0.25, 0.3) is 5.76 Å². The summed E-state index contributed by atoms with van der Waals surface area (Å²) in [6, 6.07) is 4.75. The number of rotatable bonds is 6. The van der Waals surface area contributed by atoms with E-state index in [2.05, 4.69) is 0 Å². The Hall–Kier alpha value is -2.31. The van der Waals surface area contributed by atoms with Gasteiger partial charge in [-0.1, -0.05) is 24.9 Å². The third-order valence-electron chi connectivity index (χ3n) is 5.09. The normalized spacial score (nSPS) is 18.5. The van der Waals surface area contributed by atoms with Crippen molar-refractivity contribution in [3.63, 3.8) is 0 Å². The van der Waals surface area contributed by atoms with Gasteiger partial charge in [0.15, 0.2) is 0 Å². The number of ether oxygens (including phenoxy) is 1. The first kappa shape index (κ1) is 21.4. The van der Waals surface area contributed by atoms with Gasteiger partial charge >= 0.3 is 0 Å². The van der Waals surface area contributed by atoms with E-state index in [9.17, 15) is 14.7 Å². The third-order valence-corrected chi connectivity index (χ3v) is 6.44. The molecular formula is C22H24ClNO4S. The van der Waals surface area contributed by atoms with Gasteiger partial charge in [0.05, 0.1) is 29.3 Å². The molecule has 1 amide bonds. The van der Waals surface area contributed by atoms with E-state index in [1.807, 2.05) is 32.2 Å². The summed E-state index contributed by atoms with van der Waals surface area (Å²) in [5.74, 6) is -1.26. The van der Waals surface area contributed by atoms with Gasteiger partial charge in [-0.25, -0.2) is 0 Å². The molecule has 0 saturated carbocycles. The number of nitrogens with zero attached hydrogens (tertiary/aromatic N) is 1. The predicted molar refractivity (Wildman–Crippen MR) is 116 cm³/mol. The van der Waals surface area contributed by atoms with Gasteiger partial charge in [0.25, 0.3) is 11.7 Å². The first-order valence-electron chi connectivity index (χ1n) is 9.48. The Labute approximate surface area is 179 Å². The molecule has 1 unspecified atom stereocenters. The maximum Gasteiger partial charge on any atom is 0.295 e. The number of benzene rings is 1. The topological polar surface area (TPSA) is 66.8 Å². The van der Waals surface area contributed by atoms with Crippen LogP contribution in [0.3, 0.4) is 0 Å². The van der Waals surface area contributed by atoms with Crippen LogP contribution in [0.15, 0.2) is 29.2 Å². The third kappa shape index (κ3) is 3.79. The molecule has 2 heterocycles. The summed E-state index contributed by atoms with van der Waals surface area (Å²) >= 11 is 7.76. The van der Waals surface area contributed by atoms with Gasteiger partial charge in [0, 0.05) is 11.4 Å². The van der Waals surface area contributed by atoms with E-state index in [0.717, 1.165) is 28.8 Å². The number of amides is 1. The van der Waals surface area contributed by atoms with Crippen LogP contribution >= 0.6 is 22.9 Å². The highest BCUT2D eigenvalue weighted by molar-refractivity contribution is 7.10. The van der Waals surface area contributed by atoms with Gasteiger partial charge < -0.3 is 14.7 Å². The smallest absolute Gasteiger partial charge is 0.295 e. The van der Waals surface area contributed by atoms with Crippen molar-refractivity contribution < 1.29 is 19.4 Å². The van der Waals surface area contributed by atoms with Crippen molar-refractivity contribution in [3.05, 3.63) is 55.7 Å². The minimum absolute atomic E-state index is 0.0802. The molecule has 0 spiro atoms. The number of aryl methyl sites for hydroxylation is 2. The molecule has 1 atom stereocenters. The summed E-state index contributed by atoms with van der Waals surface area (Å²) in [6.45, 7) is 6.26. The van der Waals surface area contributed by atoms with Crippen molar-refractivity contribution in [1.82, 2.24) is 4.90 Å². The first-order valence-corrected chi connectivity index (χ1v) is 10.7. The highest BCUT2D eigenvalue weighted by Gasteiger charge is 2.47. The molecule has 0 aliphatic carbocycles. The summed E-state index contributed by atoms with van der Waals surface area (Å²) in [5, 5.41) is 13.5. The second-order valence-corrected chi connectivity index (χ2v) is 8.50. The fourth-order valence-corrected chi connectivity index (χ4v) is 5.03. The summed E-state index contributed by atoms with van der Waals surface area (Å²) < 4.78 is 5.38. The van der Waals surface area contributed by atoms with E-state index in [1.165, 1.54) is 18.4 Å². The van der Waals surface area contributed by atoms with E-state index in [0.29, 0.717) is 17.1 Å². The Morgan fingerprint density at radius 2 is 2.03 bits per heavy atom. The molecule has 7 heteroatoms. The van der Waals surface area contributed by atoms with Gasteiger partial charge in [0.1, 0.15) is 11.5 Å². The number of hydrogen-bond donors (Lipinski definition) is 1. The van der Waals surface area contributed by atoms with E-state index >= 15 is 0 Å². The molecule has 1 N–H and O–H groups in total. The molecule has 1 aromatic heterocycles. The zero-order chi connectivity index (χ0) is 21.3. The molecule has 1 aliphatic heterocycles. The number of carbonyl (C=O) groups is 2. The molecule has 5 nitrogen and oxygen atoms in total. The number of hydrogen-bond acceptors (Lipinski definition) is 5. The lowest BCUT2D eigenvalue weighted by molar-refractivity contribution is -0.139. The number of thiophene rings is 1. The molecule has 2 aromatic rings. The van der Waals surface area contributed by atoms with Gasteiger partial charge in [0.2, 0.25) is 0 Å². The zero-order valence-electron chi connectivity index (χ0n) is 16.9. The number of methoxy groups -OCH3 is 1. The predicted octanol–water partition coefficient (Wildman–Crippen LogP) is 5.25. The lowest BCUT2D eigenvalue weighted by Gasteiger charge is -2.25. The lowest BCUT2D eigenvalue weighted by atomic mass is 9.97. The van der Waals surface area contributed by atoms with E-state index < -0.39 is 17.7 Å². The van der Waals surface area contributed by atoms with Crippen LogP contribution in [0.1, 0.15) is 47.4 Å². The summed E-state index contributed by atoms with van der Waals surface area (Å²) in [7, 11) is 1.45. The number of halogens is 1. The summed E-state index contributed by atoms with van der Waals surface area (Å²) in [5.41, 5.74) is 2.17. The number of likely N-dealkylation sites (tertiary alicyclic amines) is 1. The Balaban J connectivity index is 2.26. The summed E-state index contributed by atoms with van der Waals surface area (Å²) in [4.78, 5) is 28.3. The lowest BCUT2D eigenvalue weighted by Crippen LogP contribution is -2.30. The number of carbonyl (C=O) groups excluding carboxylic acids is 2. The molecule has 1 fully saturated rings. The van der Waals surface area contributed by atoms with Crippen molar-refractivity contribution in [3.8, 4) is 5.75 Å². The number of ketones is 1. The number of aliphatic hydroxyl groups excluding tert-OH is 1. The van der Waals surface area contributed by atoms with Crippen LogP contribution in [-0.4, -0.2) is 35.4 Å². The number of aliphatic hydroxyl groups is 1. The molecule has 3 rings (SSSR count).